The molecule has 0 aromatic heterocycles. The predicted octanol–water partition coefficient (Wildman–Crippen LogP) is -0.479. The van der Waals surface area contributed by atoms with Crippen molar-refractivity contribution in [1.29, 1.82) is 0 Å². The summed E-state index contributed by atoms with van der Waals surface area (Å²) in [6.07, 6.45) is 3.95. The van der Waals surface area contributed by atoms with E-state index in [2.05, 4.69) is 0 Å². The van der Waals surface area contributed by atoms with E-state index in [9.17, 15) is 0 Å². The average Bonchev–Trinajstić information content (AvgIpc) is 1.69. The van der Waals surface area contributed by atoms with Crippen LogP contribution >= 0.6 is 0 Å². The van der Waals surface area contributed by atoms with E-state index in [1.54, 1.807) is 0 Å². The van der Waals surface area contributed by atoms with Crippen molar-refractivity contribution in [3.63, 3.8) is 0 Å². The van der Waals surface area contributed by atoms with Crippen molar-refractivity contribution < 1.29 is 5.48 Å². The molecule has 0 atom stereocenters. The first kappa shape index (κ1) is 7.88. The van der Waals surface area contributed by atoms with Gasteiger partial charge in [-0.15, -0.1) is 0 Å². The van der Waals surface area contributed by atoms with Crippen LogP contribution in [-0.4, -0.2) is 23.6 Å². The largest absolute Gasteiger partial charge is 0.412 e. The van der Waals surface area contributed by atoms with Crippen LogP contribution in [-0.2, 0) is 0 Å². The molecule has 3 nitrogen and oxygen atoms in total. The lowest BCUT2D eigenvalue weighted by Crippen LogP contribution is -2.35. The van der Waals surface area contributed by atoms with Crippen molar-refractivity contribution in [2.45, 2.75) is 19.3 Å². The van der Waals surface area contributed by atoms with Gasteiger partial charge < -0.3 is 5.48 Å². The first-order valence-electron chi connectivity index (χ1n) is 2.89. The molecule has 0 amide bonds. The molecule has 4 N–H and O–H groups in total. The summed E-state index contributed by atoms with van der Waals surface area (Å²) in [5.41, 5.74) is 0. The molecule has 0 bridgehead atoms. The zero-order valence-electron chi connectivity index (χ0n) is 5.06. The highest BCUT2D eigenvalue weighted by Gasteiger charge is 2.02. The van der Waals surface area contributed by atoms with Crippen LogP contribution in [0.25, 0.3) is 0 Å². The summed E-state index contributed by atoms with van der Waals surface area (Å²) in [5, 5.41) is 1.89. The Hall–Kier alpha value is -0.120. The van der Waals surface area contributed by atoms with Gasteiger partial charge in [0.2, 0.25) is 0 Å². The number of hydrazine groups is 1. The quantitative estimate of drug-likeness (QED) is 0.437. The number of hydrogen-bond acceptors (Lipinski definition) is 2. The Morgan fingerprint density at radius 3 is 1.75 bits per heavy atom. The van der Waals surface area contributed by atoms with E-state index in [-0.39, 0.29) is 5.48 Å². The molecule has 1 aliphatic heterocycles. The second-order valence-corrected chi connectivity index (χ2v) is 2.10. The third kappa shape index (κ3) is 2.26. The molecule has 0 saturated carbocycles. The maximum atomic E-state index is 5.47. The fourth-order valence-corrected chi connectivity index (χ4v) is 0.918. The highest BCUT2D eigenvalue weighted by Crippen LogP contribution is 2.03. The van der Waals surface area contributed by atoms with Crippen LogP contribution in [0.1, 0.15) is 19.3 Å². The molecular weight excluding hydrogens is 104 g/mol. The van der Waals surface area contributed by atoms with E-state index in [0.29, 0.717) is 0 Å². The van der Waals surface area contributed by atoms with Gasteiger partial charge in [0.1, 0.15) is 0 Å². The minimum Gasteiger partial charge on any atom is -0.412 e. The average molecular weight is 118 g/mol. The van der Waals surface area contributed by atoms with E-state index in [0.717, 1.165) is 13.1 Å². The lowest BCUT2D eigenvalue weighted by molar-refractivity contribution is 0.235. The highest BCUT2D eigenvalue weighted by atomic mass is 16.0. The topological polar surface area (TPSA) is 60.8 Å². The van der Waals surface area contributed by atoms with Crippen LogP contribution in [0.15, 0.2) is 0 Å². The highest BCUT2D eigenvalue weighted by molar-refractivity contribution is 4.56. The number of nitrogens with two attached hydrogens (primary N) is 1. The summed E-state index contributed by atoms with van der Waals surface area (Å²) < 4.78 is 0. The monoisotopic (exact) mass is 118 g/mol. The molecule has 0 aromatic rings. The number of hydrogen-bond donors (Lipinski definition) is 1. The van der Waals surface area contributed by atoms with Gasteiger partial charge in [0.25, 0.3) is 0 Å². The molecule has 50 valence electrons. The van der Waals surface area contributed by atoms with Crippen molar-refractivity contribution >= 4 is 0 Å². The summed E-state index contributed by atoms with van der Waals surface area (Å²) in [4.78, 5) is 0. The Morgan fingerprint density at radius 2 is 1.50 bits per heavy atom. The summed E-state index contributed by atoms with van der Waals surface area (Å²) in [5.74, 6) is 5.47. The number of rotatable bonds is 0. The van der Waals surface area contributed by atoms with Crippen molar-refractivity contribution in [3.05, 3.63) is 0 Å². The van der Waals surface area contributed by atoms with Crippen LogP contribution in [0, 0.1) is 0 Å². The molecule has 0 aromatic carbocycles. The molecule has 1 heterocycles. The number of nitrogens with zero attached hydrogens (tertiary/aromatic N) is 1. The summed E-state index contributed by atoms with van der Waals surface area (Å²) >= 11 is 0. The molecule has 0 aliphatic carbocycles. The van der Waals surface area contributed by atoms with E-state index in [1.165, 1.54) is 19.3 Å². The van der Waals surface area contributed by atoms with Gasteiger partial charge in [-0.3, -0.25) is 5.84 Å². The second kappa shape index (κ2) is 3.83. The summed E-state index contributed by atoms with van der Waals surface area (Å²) in [6, 6.07) is 0. The van der Waals surface area contributed by atoms with Gasteiger partial charge in [-0.1, -0.05) is 6.42 Å². The molecule has 8 heavy (non-hydrogen) atoms. The van der Waals surface area contributed by atoms with Crippen LogP contribution in [0.5, 0.6) is 0 Å². The Balaban J connectivity index is 0.000000490. The van der Waals surface area contributed by atoms with E-state index >= 15 is 0 Å². The molecule has 1 rings (SSSR count). The fraction of sp³-hybridized carbons (Fsp3) is 1.00. The summed E-state index contributed by atoms with van der Waals surface area (Å²) in [7, 11) is 0. The Labute approximate surface area is 49.7 Å². The van der Waals surface area contributed by atoms with Gasteiger partial charge in [-0.2, -0.15) is 0 Å². The van der Waals surface area contributed by atoms with Crippen LogP contribution in [0.3, 0.4) is 0 Å². The molecular formula is C5H14N2O. The predicted molar refractivity (Wildman–Crippen MR) is 33.2 cm³/mol. The van der Waals surface area contributed by atoms with Crippen LogP contribution < -0.4 is 5.84 Å². The van der Waals surface area contributed by atoms with E-state index in [1.807, 2.05) is 5.01 Å². The lowest BCUT2D eigenvalue weighted by Gasteiger charge is -2.20. The Kier molecular flexibility index (Phi) is 3.77. The van der Waals surface area contributed by atoms with Gasteiger partial charge in [0, 0.05) is 13.1 Å². The molecule has 3 heteroatoms. The molecule has 0 radical (unpaired) electrons. The maximum absolute atomic E-state index is 5.47. The van der Waals surface area contributed by atoms with Crippen LogP contribution in [0.2, 0.25) is 0 Å². The zero-order chi connectivity index (χ0) is 5.11. The van der Waals surface area contributed by atoms with Gasteiger partial charge in [-0.25, -0.2) is 5.01 Å². The Bertz CT molecular complexity index is 52.4. The van der Waals surface area contributed by atoms with Gasteiger partial charge in [0.05, 0.1) is 0 Å². The molecule has 0 unspecified atom stereocenters. The minimum atomic E-state index is 0. The fourth-order valence-electron chi connectivity index (χ4n) is 0.918. The third-order valence-corrected chi connectivity index (χ3v) is 1.39. The van der Waals surface area contributed by atoms with Crippen molar-refractivity contribution in [2.24, 2.45) is 5.84 Å². The standard InChI is InChI=1S/C5H12N2.H2O/c6-7-4-2-1-3-5-7;/h1-6H2;1H2. The smallest absolute Gasteiger partial charge is 0.0128 e. The lowest BCUT2D eigenvalue weighted by atomic mass is 10.2. The SMILES string of the molecule is NN1CCCCC1.O. The van der Waals surface area contributed by atoms with Crippen molar-refractivity contribution in [3.8, 4) is 0 Å². The van der Waals surface area contributed by atoms with Crippen molar-refractivity contribution in [1.82, 2.24) is 5.01 Å². The molecule has 1 fully saturated rings. The minimum absolute atomic E-state index is 0. The van der Waals surface area contributed by atoms with Crippen molar-refractivity contribution in [2.75, 3.05) is 13.1 Å². The first-order valence-corrected chi connectivity index (χ1v) is 2.89. The number of piperidine rings is 1. The third-order valence-electron chi connectivity index (χ3n) is 1.39. The second-order valence-electron chi connectivity index (χ2n) is 2.10. The van der Waals surface area contributed by atoms with Gasteiger partial charge in [-0.05, 0) is 12.8 Å². The molecule has 0 spiro atoms. The van der Waals surface area contributed by atoms with Gasteiger partial charge in [0.15, 0.2) is 0 Å². The molecule has 1 aliphatic rings. The summed E-state index contributed by atoms with van der Waals surface area (Å²) in [6.45, 7) is 2.19. The van der Waals surface area contributed by atoms with Crippen LogP contribution in [0.4, 0.5) is 0 Å². The Morgan fingerprint density at radius 1 is 1.00 bits per heavy atom. The maximum Gasteiger partial charge on any atom is 0.0128 e. The van der Waals surface area contributed by atoms with Gasteiger partial charge >= 0.3 is 0 Å². The van der Waals surface area contributed by atoms with E-state index in [4.69, 9.17) is 5.84 Å². The zero-order valence-corrected chi connectivity index (χ0v) is 5.06. The normalized spacial score (nSPS) is 22.1. The first-order chi connectivity index (χ1) is 3.39. The molecule has 1 saturated heterocycles. The van der Waals surface area contributed by atoms with E-state index < -0.39 is 0 Å².